The van der Waals surface area contributed by atoms with Crippen molar-refractivity contribution in [3.8, 4) is 5.75 Å². The van der Waals surface area contributed by atoms with E-state index in [1.54, 1.807) is 18.2 Å². The molecule has 2 rings (SSSR count). The van der Waals surface area contributed by atoms with Crippen LogP contribution in [0.15, 0.2) is 24.3 Å². The van der Waals surface area contributed by atoms with Crippen molar-refractivity contribution in [2.24, 2.45) is 0 Å². The summed E-state index contributed by atoms with van der Waals surface area (Å²) >= 11 is 0. The molecule has 1 unspecified atom stereocenters. The van der Waals surface area contributed by atoms with Crippen LogP contribution in [0.2, 0.25) is 0 Å². The SMILES string of the molecule is CC1(C)CC(Oc2cccc(B(O)O)c2)C(C)(C)O1. The van der Waals surface area contributed by atoms with Gasteiger partial charge in [-0.05, 0) is 45.3 Å². The lowest BCUT2D eigenvalue weighted by Crippen LogP contribution is -2.37. The van der Waals surface area contributed by atoms with Crippen LogP contribution in [0.5, 0.6) is 5.75 Å². The predicted octanol–water partition coefficient (Wildman–Crippen LogP) is 1.09. The standard InChI is InChI=1S/C14H21BO4/c1-13(2)9-12(14(3,4)19-13)18-11-7-5-6-10(8-11)15(16)17/h5-8,12,16-17H,9H2,1-4H3. The van der Waals surface area contributed by atoms with Gasteiger partial charge in [0.1, 0.15) is 17.5 Å². The van der Waals surface area contributed by atoms with Crippen molar-refractivity contribution in [2.45, 2.75) is 51.4 Å². The van der Waals surface area contributed by atoms with Gasteiger partial charge in [-0.15, -0.1) is 0 Å². The van der Waals surface area contributed by atoms with Crippen LogP contribution in [0.25, 0.3) is 0 Å². The normalized spacial score (nSPS) is 24.2. The van der Waals surface area contributed by atoms with E-state index in [1.807, 2.05) is 33.8 Å². The van der Waals surface area contributed by atoms with Crippen molar-refractivity contribution in [3.63, 3.8) is 0 Å². The van der Waals surface area contributed by atoms with E-state index >= 15 is 0 Å². The third-order valence-electron chi connectivity index (χ3n) is 3.43. The first-order chi connectivity index (χ1) is 8.70. The van der Waals surface area contributed by atoms with Gasteiger partial charge in [-0.2, -0.15) is 0 Å². The number of benzene rings is 1. The molecule has 1 fully saturated rings. The summed E-state index contributed by atoms with van der Waals surface area (Å²) in [5, 5.41) is 18.3. The average molecular weight is 264 g/mol. The first-order valence-electron chi connectivity index (χ1n) is 6.52. The Morgan fingerprint density at radius 2 is 1.95 bits per heavy atom. The van der Waals surface area contributed by atoms with E-state index in [0.29, 0.717) is 11.2 Å². The summed E-state index contributed by atoms with van der Waals surface area (Å²) in [6.45, 7) is 8.12. The van der Waals surface area contributed by atoms with Crippen LogP contribution in [-0.2, 0) is 4.74 Å². The first kappa shape index (κ1) is 14.4. The monoisotopic (exact) mass is 264 g/mol. The Morgan fingerprint density at radius 3 is 2.47 bits per heavy atom. The lowest BCUT2D eigenvalue weighted by atomic mass is 9.80. The van der Waals surface area contributed by atoms with Gasteiger partial charge in [0.2, 0.25) is 0 Å². The minimum Gasteiger partial charge on any atom is -0.487 e. The topological polar surface area (TPSA) is 58.9 Å². The maximum Gasteiger partial charge on any atom is 0.488 e. The van der Waals surface area contributed by atoms with Crippen molar-refractivity contribution >= 4 is 12.6 Å². The second kappa shape index (κ2) is 4.82. The Morgan fingerprint density at radius 1 is 1.26 bits per heavy atom. The third kappa shape index (κ3) is 3.29. The van der Waals surface area contributed by atoms with Gasteiger partial charge in [-0.25, -0.2) is 0 Å². The molecule has 0 saturated carbocycles. The maximum absolute atomic E-state index is 9.17. The van der Waals surface area contributed by atoms with Gasteiger partial charge in [-0.1, -0.05) is 12.1 Å². The molecule has 1 aliphatic heterocycles. The van der Waals surface area contributed by atoms with Gasteiger partial charge in [0.05, 0.1) is 5.60 Å². The molecule has 104 valence electrons. The summed E-state index contributed by atoms with van der Waals surface area (Å²) in [7, 11) is -1.48. The summed E-state index contributed by atoms with van der Waals surface area (Å²) in [4.78, 5) is 0. The molecule has 5 heteroatoms. The van der Waals surface area contributed by atoms with Crippen LogP contribution >= 0.6 is 0 Å². The first-order valence-corrected chi connectivity index (χ1v) is 6.52. The van der Waals surface area contributed by atoms with Crippen molar-refractivity contribution in [1.82, 2.24) is 0 Å². The second-order valence-corrected chi connectivity index (χ2v) is 6.22. The van der Waals surface area contributed by atoms with Crippen molar-refractivity contribution < 1.29 is 19.5 Å². The van der Waals surface area contributed by atoms with Gasteiger partial charge in [0.25, 0.3) is 0 Å². The highest BCUT2D eigenvalue weighted by Crippen LogP contribution is 2.39. The molecule has 1 heterocycles. The van der Waals surface area contributed by atoms with E-state index in [-0.39, 0.29) is 17.3 Å². The number of ether oxygens (including phenoxy) is 2. The highest BCUT2D eigenvalue weighted by atomic mass is 16.6. The fraction of sp³-hybridized carbons (Fsp3) is 0.571. The fourth-order valence-electron chi connectivity index (χ4n) is 2.61. The van der Waals surface area contributed by atoms with Gasteiger partial charge in [0.15, 0.2) is 0 Å². The van der Waals surface area contributed by atoms with E-state index in [9.17, 15) is 10.0 Å². The summed E-state index contributed by atoms with van der Waals surface area (Å²) in [5.74, 6) is 0.630. The minimum absolute atomic E-state index is 0.0615. The summed E-state index contributed by atoms with van der Waals surface area (Å²) < 4.78 is 11.9. The predicted molar refractivity (Wildman–Crippen MR) is 74.5 cm³/mol. The van der Waals surface area contributed by atoms with Crippen molar-refractivity contribution in [2.75, 3.05) is 0 Å². The quantitative estimate of drug-likeness (QED) is 0.802. The molecule has 1 aromatic rings. The summed E-state index contributed by atoms with van der Waals surface area (Å²) in [5.41, 5.74) is -0.145. The van der Waals surface area contributed by atoms with E-state index in [4.69, 9.17) is 9.47 Å². The minimum atomic E-state index is -1.48. The zero-order valence-electron chi connectivity index (χ0n) is 11.9. The Kier molecular flexibility index (Phi) is 3.64. The van der Waals surface area contributed by atoms with Crippen LogP contribution in [0.4, 0.5) is 0 Å². The van der Waals surface area contributed by atoms with Gasteiger partial charge in [-0.3, -0.25) is 0 Å². The number of hydrogen-bond donors (Lipinski definition) is 2. The molecular formula is C14H21BO4. The molecule has 1 aliphatic rings. The highest BCUT2D eigenvalue weighted by Gasteiger charge is 2.47. The second-order valence-electron chi connectivity index (χ2n) is 6.22. The Labute approximate surface area is 114 Å². The molecular weight excluding hydrogens is 243 g/mol. The average Bonchev–Trinajstić information content (AvgIpc) is 2.47. The van der Waals surface area contributed by atoms with Crippen LogP contribution < -0.4 is 10.2 Å². The van der Waals surface area contributed by atoms with E-state index in [0.717, 1.165) is 6.42 Å². The Hall–Kier alpha value is -1.04. The molecule has 0 amide bonds. The Bertz CT molecular complexity index is 457. The van der Waals surface area contributed by atoms with Crippen LogP contribution in [0.3, 0.4) is 0 Å². The molecule has 2 N–H and O–H groups in total. The molecule has 1 aromatic carbocycles. The molecule has 0 radical (unpaired) electrons. The van der Waals surface area contributed by atoms with Crippen LogP contribution in [-0.4, -0.2) is 34.5 Å². The molecule has 19 heavy (non-hydrogen) atoms. The molecule has 0 bridgehead atoms. The molecule has 1 atom stereocenters. The number of rotatable bonds is 3. The van der Waals surface area contributed by atoms with E-state index in [1.165, 1.54) is 0 Å². The molecule has 1 saturated heterocycles. The molecule has 0 spiro atoms. The fourth-order valence-corrected chi connectivity index (χ4v) is 2.61. The van der Waals surface area contributed by atoms with Gasteiger partial charge in [0, 0.05) is 6.42 Å². The highest BCUT2D eigenvalue weighted by molar-refractivity contribution is 6.58. The lowest BCUT2D eigenvalue weighted by molar-refractivity contribution is -0.0845. The van der Waals surface area contributed by atoms with E-state index in [2.05, 4.69) is 0 Å². The van der Waals surface area contributed by atoms with Gasteiger partial charge < -0.3 is 19.5 Å². The maximum atomic E-state index is 9.17. The van der Waals surface area contributed by atoms with Crippen molar-refractivity contribution in [3.05, 3.63) is 24.3 Å². The van der Waals surface area contributed by atoms with E-state index < -0.39 is 7.12 Å². The van der Waals surface area contributed by atoms with Crippen molar-refractivity contribution in [1.29, 1.82) is 0 Å². The zero-order chi connectivity index (χ0) is 14.3. The summed E-state index contributed by atoms with van der Waals surface area (Å²) in [6.07, 6.45) is 0.736. The Balaban J connectivity index is 2.15. The summed E-state index contributed by atoms with van der Waals surface area (Å²) in [6, 6.07) is 6.86. The molecule has 0 aliphatic carbocycles. The lowest BCUT2D eigenvalue weighted by Gasteiger charge is -2.27. The van der Waals surface area contributed by atoms with Crippen LogP contribution in [0, 0.1) is 0 Å². The third-order valence-corrected chi connectivity index (χ3v) is 3.43. The zero-order valence-corrected chi connectivity index (χ0v) is 11.9. The van der Waals surface area contributed by atoms with Crippen LogP contribution in [0.1, 0.15) is 34.1 Å². The smallest absolute Gasteiger partial charge is 0.487 e. The largest absolute Gasteiger partial charge is 0.488 e. The molecule has 4 nitrogen and oxygen atoms in total. The van der Waals surface area contributed by atoms with Gasteiger partial charge >= 0.3 is 7.12 Å². The number of hydrogen-bond acceptors (Lipinski definition) is 4. The molecule has 0 aromatic heterocycles.